The first-order chi connectivity index (χ1) is 15.3. The molecule has 1 aliphatic rings. The molecule has 168 valence electrons. The number of aromatic nitrogens is 1. The first kappa shape index (κ1) is 23.8. The van der Waals surface area contributed by atoms with Gasteiger partial charge in [0.25, 0.3) is 0 Å². The molecule has 4 rings (SSSR count). The van der Waals surface area contributed by atoms with Crippen LogP contribution < -0.4 is 20.3 Å². The Morgan fingerprint density at radius 3 is 2.56 bits per heavy atom. The van der Waals surface area contributed by atoms with Gasteiger partial charge in [-0.05, 0) is 35.7 Å². The molecule has 7 heteroatoms. The Kier molecular flexibility index (Phi) is 9.15. The van der Waals surface area contributed by atoms with E-state index in [1.807, 2.05) is 42.5 Å². The predicted octanol–water partition coefficient (Wildman–Crippen LogP) is 4.22. The molecule has 1 atom stereocenters. The fourth-order valence-corrected chi connectivity index (χ4v) is 3.70. The predicted molar refractivity (Wildman–Crippen MR) is 141 cm³/mol. The third-order valence-corrected chi connectivity index (χ3v) is 5.36. The number of nitrogens with zero attached hydrogens (tertiary/aromatic N) is 3. The monoisotopic (exact) mass is 543 g/mol. The third kappa shape index (κ3) is 6.85. The van der Waals surface area contributed by atoms with E-state index < -0.39 is 0 Å². The first-order valence-electron chi connectivity index (χ1n) is 10.7. The minimum absolute atomic E-state index is 0. The van der Waals surface area contributed by atoms with Gasteiger partial charge in [-0.1, -0.05) is 48.5 Å². The fraction of sp³-hybridized carbons (Fsp3) is 0.280. The van der Waals surface area contributed by atoms with Crippen LogP contribution in [0.4, 0.5) is 5.69 Å². The molecule has 0 radical (unpaired) electrons. The molecule has 1 aromatic heterocycles. The van der Waals surface area contributed by atoms with Gasteiger partial charge in [0, 0.05) is 50.7 Å². The molecule has 1 saturated heterocycles. The van der Waals surface area contributed by atoms with Crippen molar-refractivity contribution in [1.82, 2.24) is 15.6 Å². The molecule has 32 heavy (non-hydrogen) atoms. The number of ether oxygens (including phenoxy) is 1. The Hall–Kier alpha value is -2.81. The number of halogens is 1. The Balaban J connectivity index is 0.00000289. The summed E-state index contributed by atoms with van der Waals surface area (Å²) in [6.45, 7) is 3.18. The summed E-state index contributed by atoms with van der Waals surface area (Å²) in [6.07, 6.45) is 2.87. The molecule has 0 bridgehead atoms. The number of hydrogen-bond acceptors (Lipinski definition) is 4. The van der Waals surface area contributed by atoms with Crippen LogP contribution in [0.25, 0.3) is 0 Å². The van der Waals surface area contributed by atoms with Crippen LogP contribution in [0.1, 0.15) is 17.5 Å². The van der Waals surface area contributed by atoms with E-state index in [2.05, 4.69) is 55.8 Å². The highest BCUT2D eigenvalue weighted by molar-refractivity contribution is 14.0. The van der Waals surface area contributed by atoms with Crippen LogP contribution in [0.15, 0.2) is 84.0 Å². The van der Waals surface area contributed by atoms with Crippen LogP contribution in [0, 0.1) is 0 Å². The maximum Gasteiger partial charge on any atom is 0.213 e. The topological polar surface area (TPSA) is 61.8 Å². The number of anilines is 1. The minimum Gasteiger partial charge on any atom is -0.473 e. The lowest BCUT2D eigenvalue weighted by molar-refractivity contribution is 0.293. The molecule has 2 N–H and O–H groups in total. The number of nitrogens with one attached hydrogen (secondary N) is 2. The van der Waals surface area contributed by atoms with Crippen molar-refractivity contribution in [2.75, 3.05) is 25.0 Å². The normalized spacial score (nSPS) is 15.7. The Morgan fingerprint density at radius 1 is 1.06 bits per heavy atom. The molecule has 2 heterocycles. The standard InChI is InChI=1S/C25H29N5O.HI/c1-26-25(29-22-13-15-30(18-22)23-10-6-3-7-11-23)28-17-21-12-14-27-24(16-21)31-19-20-8-4-2-5-9-20;/h2-12,14,16,22H,13,15,17-19H2,1H3,(H2,26,28,29);1H. The van der Waals surface area contributed by atoms with Crippen molar-refractivity contribution in [3.05, 3.63) is 90.1 Å². The fourth-order valence-electron chi connectivity index (χ4n) is 3.70. The van der Waals surface area contributed by atoms with Crippen molar-refractivity contribution in [3.63, 3.8) is 0 Å². The summed E-state index contributed by atoms with van der Waals surface area (Å²) in [6, 6.07) is 25.0. The van der Waals surface area contributed by atoms with E-state index in [1.54, 1.807) is 13.2 Å². The van der Waals surface area contributed by atoms with E-state index in [4.69, 9.17) is 4.74 Å². The molecule has 0 spiro atoms. The molecule has 0 amide bonds. The summed E-state index contributed by atoms with van der Waals surface area (Å²) in [7, 11) is 1.81. The lowest BCUT2D eigenvalue weighted by Gasteiger charge is -2.20. The number of aliphatic imine (C=N–C) groups is 1. The number of pyridine rings is 1. The second kappa shape index (κ2) is 12.3. The van der Waals surface area contributed by atoms with E-state index in [0.717, 1.165) is 36.6 Å². The van der Waals surface area contributed by atoms with Crippen LogP contribution in [0.2, 0.25) is 0 Å². The highest BCUT2D eigenvalue weighted by Gasteiger charge is 2.23. The molecule has 0 saturated carbocycles. The van der Waals surface area contributed by atoms with Crippen molar-refractivity contribution in [3.8, 4) is 5.88 Å². The van der Waals surface area contributed by atoms with Gasteiger partial charge in [0.1, 0.15) is 6.61 Å². The average Bonchev–Trinajstić information content (AvgIpc) is 3.30. The lowest BCUT2D eigenvalue weighted by atomic mass is 10.2. The zero-order valence-electron chi connectivity index (χ0n) is 18.3. The van der Waals surface area contributed by atoms with Crippen LogP contribution in [-0.2, 0) is 13.2 Å². The molecule has 6 nitrogen and oxygen atoms in total. The summed E-state index contributed by atoms with van der Waals surface area (Å²) in [5.74, 6) is 1.43. The molecule has 1 fully saturated rings. The number of hydrogen-bond donors (Lipinski definition) is 2. The van der Waals surface area contributed by atoms with E-state index in [1.165, 1.54) is 5.69 Å². The van der Waals surface area contributed by atoms with Gasteiger partial charge in [-0.3, -0.25) is 4.99 Å². The van der Waals surface area contributed by atoms with Gasteiger partial charge < -0.3 is 20.3 Å². The second-order valence-electron chi connectivity index (χ2n) is 7.61. The highest BCUT2D eigenvalue weighted by Crippen LogP contribution is 2.19. The Bertz CT molecular complexity index is 984. The van der Waals surface area contributed by atoms with Gasteiger partial charge in [-0.2, -0.15) is 0 Å². The maximum absolute atomic E-state index is 5.84. The van der Waals surface area contributed by atoms with E-state index in [9.17, 15) is 0 Å². The smallest absolute Gasteiger partial charge is 0.213 e. The van der Waals surface area contributed by atoms with Gasteiger partial charge in [0.15, 0.2) is 5.96 Å². The van der Waals surface area contributed by atoms with Gasteiger partial charge in [0.2, 0.25) is 5.88 Å². The summed E-state index contributed by atoms with van der Waals surface area (Å²) in [4.78, 5) is 11.1. The number of para-hydroxylation sites is 1. The molecular weight excluding hydrogens is 513 g/mol. The quantitative estimate of drug-likeness (QED) is 0.266. The second-order valence-corrected chi connectivity index (χ2v) is 7.61. The summed E-state index contributed by atoms with van der Waals surface area (Å²) in [5, 5.41) is 6.95. The Labute approximate surface area is 207 Å². The maximum atomic E-state index is 5.84. The van der Waals surface area contributed by atoms with Crippen molar-refractivity contribution >= 4 is 35.6 Å². The summed E-state index contributed by atoms with van der Waals surface area (Å²) in [5.41, 5.74) is 3.49. The van der Waals surface area contributed by atoms with Gasteiger partial charge in [-0.15, -0.1) is 24.0 Å². The summed E-state index contributed by atoms with van der Waals surface area (Å²) < 4.78 is 5.84. The first-order valence-corrected chi connectivity index (χ1v) is 10.7. The van der Waals surface area contributed by atoms with Gasteiger partial charge >= 0.3 is 0 Å². The van der Waals surface area contributed by atoms with Gasteiger partial charge in [0.05, 0.1) is 0 Å². The van der Waals surface area contributed by atoms with E-state index >= 15 is 0 Å². The van der Waals surface area contributed by atoms with Crippen molar-refractivity contribution in [1.29, 1.82) is 0 Å². The zero-order chi connectivity index (χ0) is 21.3. The largest absolute Gasteiger partial charge is 0.473 e. The summed E-state index contributed by atoms with van der Waals surface area (Å²) >= 11 is 0. The molecule has 0 aliphatic carbocycles. The van der Waals surface area contributed by atoms with Crippen LogP contribution in [0.3, 0.4) is 0 Å². The number of benzene rings is 2. The van der Waals surface area contributed by atoms with Crippen molar-refractivity contribution < 1.29 is 4.74 Å². The minimum atomic E-state index is 0. The third-order valence-electron chi connectivity index (χ3n) is 5.36. The number of guanidine groups is 1. The van der Waals surface area contributed by atoms with Crippen molar-refractivity contribution in [2.45, 2.75) is 25.6 Å². The highest BCUT2D eigenvalue weighted by atomic mass is 127. The SMILES string of the molecule is CN=C(NCc1ccnc(OCc2ccccc2)c1)NC1CCN(c2ccccc2)C1.I. The molecule has 1 unspecified atom stereocenters. The average molecular weight is 543 g/mol. The van der Waals surface area contributed by atoms with Crippen molar-refractivity contribution in [2.24, 2.45) is 4.99 Å². The van der Waals surface area contributed by atoms with Crippen LogP contribution in [0.5, 0.6) is 5.88 Å². The lowest BCUT2D eigenvalue weighted by Crippen LogP contribution is -2.44. The van der Waals surface area contributed by atoms with Crippen LogP contribution in [-0.4, -0.2) is 37.1 Å². The van der Waals surface area contributed by atoms with E-state index in [-0.39, 0.29) is 24.0 Å². The zero-order valence-corrected chi connectivity index (χ0v) is 20.6. The molecule has 3 aromatic rings. The van der Waals surface area contributed by atoms with E-state index in [0.29, 0.717) is 25.1 Å². The van der Waals surface area contributed by atoms with Gasteiger partial charge in [-0.25, -0.2) is 4.98 Å². The Morgan fingerprint density at radius 2 is 1.81 bits per heavy atom. The molecule has 1 aliphatic heterocycles. The van der Waals surface area contributed by atoms with Crippen LogP contribution >= 0.6 is 24.0 Å². The molecule has 2 aromatic carbocycles. The molecular formula is C25H30IN5O. The number of rotatable bonds is 7.